The molecule has 3 aromatic rings. The van der Waals surface area contributed by atoms with Crippen LogP contribution in [0.25, 0.3) is 0 Å². The number of rotatable bonds is 4. The van der Waals surface area contributed by atoms with E-state index in [1.54, 1.807) is 36.4 Å². The van der Waals surface area contributed by atoms with Crippen LogP contribution >= 0.6 is 23.2 Å². The maximum absolute atomic E-state index is 13.6. The first-order chi connectivity index (χ1) is 11.1. The fourth-order valence-corrected chi connectivity index (χ4v) is 2.40. The minimum Gasteiger partial charge on any atom is -0.336 e. The Hall–Kier alpha value is -2.44. The molecule has 0 saturated carbocycles. The van der Waals surface area contributed by atoms with Crippen molar-refractivity contribution < 1.29 is 4.39 Å². The van der Waals surface area contributed by atoms with Crippen LogP contribution in [0.4, 0.5) is 27.5 Å². The quantitative estimate of drug-likeness (QED) is 0.707. The number of halogens is 3. The Balaban J connectivity index is 1.81. The number of benzene rings is 2. The standard InChI is InChI=1S/C15H10Cl2FN5/c16-9-5-10(17)7-11(6-9)20-15-22-14(8-19-23-15)21-13-4-2-1-3-12(13)18/h1-8H,(H2,20,21,22,23). The largest absolute Gasteiger partial charge is 0.336 e. The zero-order valence-corrected chi connectivity index (χ0v) is 13.1. The lowest BCUT2D eigenvalue weighted by Gasteiger charge is -2.08. The van der Waals surface area contributed by atoms with Crippen molar-refractivity contribution in [2.45, 2.75) is 0 Å². The summed E-state index contributed by atoms with van der Waals surface area (Å²) < 4.78 is 13.6. The van der Waals surface area contributed by atoms with Crippen LogP contribution in [-0.4, -0.2) is 15.2 Å². The lowest BCUT2D eigenvalue weighted by molar-refractivity contribution is 0.632. The number of aromatic nitrogens is 3. The summed E-state index contributed by atoms with van der Waals surface area (Å²) in [5.41, 5.74) is 0.914. The van der Waals surface area contributed by atoms with Gasteiger partial charge in [-0.05, 0) is 30.3 Å². The molecule has 2 N–H and O–H groups in total. The normalized spacial score (nSPS) is 10.4. The fourth-order valence-electron chi connectivity index (χ4n) is 1.87. The molecule has 8 heteroatoms. The van der Waals surface area contributed by atoms with Crippen LogP contribution in [0.1, 0.15) is 0 Å². The molecule has 0 radical (unpaired) electrons. The molecule has 0 aliphatic rings. The molecule has 0 fully saturated rings. The van der Waals surface area contributed by atoms with Gasteiger partial charge in [0, 0.05) is 15.7 Å². The van der Waals surface area contributed by atoms with Crippen molar-refractivity contribution in [3.05, 3.63) is 64.5 Å². The fraction of sp³-hybridized carbons (Fsp3) is 0. The number of anilines is 4. The van der Waals surface area contributed by atoms with E-state index in [2.05, 4.69) is 25.8 Å². The molecular formula is C15H10Cl2FN5. The highest BCUT2D eigenvalue weighted by Gasteiger charge is 2.06. The monoisotopic (exact) mass is 349 g/mol. The van der Waals surface area contributed by atoms with Gasteiger partial charge in [-0.15, -0.1) is 5.10 Å². The Morgan fingerprint density at radius 1 is 0.957 bits per heavy atom. The van der Waals surface area contributed by atoms with Gasteiger partial charge in [0.05, 0.1) is 11.9 Å². The molecule has 0 bridgehead atoms. The second kappa shape index (κ2) is 6.76. The Morgan fingerprint density at radius 3 is 2.43 bits per heavy atom. The first-order valence-corrected chi connectivity index (χ1v) is 7.30. The lowest BCUT2D eigenvalue weighted by Crippen LogP contribution is -2.03. The molecule has 2 aromatic carbocycles. The van der Waals surface area contributed by atoms with Gasteiger partial charge in [-0.25, -0.2) is 4.39 Å². The number of para-hydroxylation sites is 1. The molecular weight excluding hydrogens is 340 g/mol. The van der Waals surface area contributed by atoms with Gasteiger partial charge in [0.25, 0.3) is 0 Å². The molecule has 1 heterocycles. The van der Waals surface area contributed by atoms with Crippen LogP contribution in [0.15, 0.2) is 48.7 Å². The summed E-state index contributed by atoms with van der Waals surface area (Å²) in [6.45, 7) is 0. The van der Waals surface area contributed by atoms with Crippen LogP contribution in [0.5, 0.6) is 0 Å². The van der Waals surface area contributed by atoms with E-state index in [4.69, 9.17) is 23.2 Å². The summed E-state index contributed by atoms with van der Waals surface area (Å²) in [5, 5.41) is 14.4. The number of hydrogen-bond acceptors (Lipinski definition) is 5. The summed E-state index contributed by atoms with van der Waals surface area (Å²) in [7, 11) is 0. The SMILES string of the molecule is Fc1ccccc1Nc1cnnc(Nc2cc(Cl)cc(Cl)c2)n1. The van der Waals surface area contributed by atoms with Crippen molar-refractivity contribution in [1.82, 2.24) is 15.2 Å². The van der Waals surface area contributed by atoms with Crippen molar-refractivity contribution in [2.24, 2.45) is 0 Å². The average molecular weight is 350 g/mol. The Kier molecular flexibility index (Phi) is 4.55. The smallest absolute Gasteiger partial charge is 0.249 e. The molecule has 0 aliphatic heterocycles. The van der Waals surface area contributed by atoms with Crippen LogP contribution in [0.3, 0.4) is 0 Å². The zero-order valence-electron chi connectivity index (χ0n) is 11.6. The summed E-state index contributed by atoms with van der Waals surface area (Å²) in [5.74, 6) is 0.188. The van der Waals surface area contributed by atoms with E-state index in [9.17, 15) is 4.39 Å². The van der Waals surface area contributed by atoms with E-state index in [-0.39, 0.29) is 11.8 Å². The van der Waals surface area contributed by atoms with E-state index in [1.807, 2.05) is 0 Å². The van der Waals surface area contributed by atoms with E-state index in [0.717, 1.165) is 0 Å². The van der Waals surface area contributed by atoms with Gasteiger partial charge in [0.15, 0.2) is 5.82 Å². The van der Waals surface area contributed by atoms with Crippen LogP contribution in [-0.2, 0) is 0 Å². The van der Waals surface area contributed by atoms with Gasteiger partial charge < -0.3 is 10.6 Å². The molecule has 0 spiro atoms. The Bertz CT molecular complexity index is 823. The third-order valence-electron chi connectivity index (χ3n) is 2.81. The van der Waals surface area contributed by atoms with Gasteiger partial charge in [-0.3, -0.25) is 0 Å². The molecule has 0 aliphatic carbocycles. The summed E-state index contributed by atoms with van der Waals surface area (Å²) in [6, 6.07) is 11.2. The molecule has 0 atom stereocenters. The van der Waals surface area contributed by atoms with E-state index in [1.165, 1.54) is 12.3 Å². The highest BCUT2D eigenvalue weighted by molar-refractivity contribution is 6.35. The van der Waals surface area contributed by atoms with Crippen LogP contribution < -0.4 is 10.6 Å². The van der Waals surface area contributed by atoms with Crippen molar-refractivity contribution in [1.29, 1.82) is 0 Å². The highest BCUT2D eigenvalue weighted by atomic mass is 35.5. The first-order valence-electron chi connectivity index (χ1n) is 6.54. The van der Waals surface area contributed by atoms with Gasteiger partial charge >= 0.3 is 0 Å². The molecule has 0 amide bonds. The minimum absolute atomic E-state index is 0.227. The van der Waals surface area contributed by atoms with Gasteiger partial charge in [-0.2, -0.15) is 10.1 Å². The van der Waals surface area contributed by atoms with Crippen LogP contribution in [0, 0.1) is 5.82 Å². The number of nitrogens with zero attached hydrogens (tertiary/aromatic N) is 3. The number of nitrogens with one attached hydrogen (secondary N) is 2. The van der Waals surface area contributed by atoms with Crippen molar-refractivity contribution in [2.75, 3.05) is 10.6 Å². The zero-order chi connectivity index (χ0) is 16.2. The Morgan fingerprint density at radius 2 is 1.70 bits per heavy atom. The van der Waals surface area contributed by atoms with Crippen LogP contribution in [0.2, 0.25) is 10.0 Å². The van der Waals surface area contributed by atoms with Gasteiger partial charge in [0.1, 0.15) is 5.82 Å². The van der Waals surface area contributed by atoms with Crippen molar-refractivity contribution in [3.8, 4) is 0 Å². The topological polar surface area (TPSA) is 62.7 Å². The van der Waals surface area contributed by atoms with Gasteiger partial charge in [-0.1, -0.05) is 35.3 Å². The summed E-state index contributed by atoms with van der Waals surface area (Å²) in [4.78, 5) is 4.22. The maximum atomic E-state index is 13.6. The molecule has 1 aromatic heterocycles. The van der Waals surface area contributed by atoms with E-state index >= 15 is 0 Å². The lowest BCUT2D eigenvalue weighted by atomic mass is 10.3. The number of hydrogen-bond donors (Lipinski definition) is 2. The summed E-state index contributed by atoms with van der Waals surface area (Å²) in [6.07, 6.45) is 1.39. The second-order valence-corrected chi connectivity index (χ2v) is 5.43. The van der Waals surface area contributed by atoms with Crippen molar-refractivity contribution in [3.63, 3.8) is 0 Å². The summed E-state index contributed by atoms with van der Waals surface area (Å²) >= 11 is 11.9. The van der Waals surface area contributed by atoms with Gasteiger partial charge in [0.2, 0.25) is 5.95 Å². The van der Waals surface area contributed by atoms with E-state index in [0.29, 0.717) is 27.2 Å². The highest BCUT2D eigenvalue weighted by Crippen LogP contribution is 2.24. The predicted molar refractivity (Wildman–Crippen MR) is 89.3 cm³/mol. The van der Waals surface area contributed by atoms with E-state index < -0.39 is 0 Å². The third kappa shape index (κ3) is 4.06. The average Bonchev–Trinajstić information content (AvgIpc) is 2.49. The van der Waals surface area contributed by atoms with Crippen molar-refractivity contribution >= 4 is 46.3 Å². The molecule has 3 rings (SSSR count). The molecule has 5 nitrogen and oxygen atoms in total. The predicted octanol–water partition coefficient (Wildman–Crippen LogP) is 4.80. The third-order valence-corrected chi connectivity index (χ3v) is 3.25. The molecule has 116 valence electrons. The molecule has 0 unspecified atom stereocenters. The molecule has 23 heavy (non-hydrogen) atoms. The minimum atomic E-state index is -0.387. The molecule has 0 saturated heterocycles. The maximum Gasteiger partial charge on any atom is 0.249 e. The Labute approximate surface area is 141 Å². The first kappa shape index (κ1) is 15.5. The second-order valence-electron chi connectivity index (χ2n) is 4.55.